The van der Waals surface area contributed by atoms with E-state index in [1.54, 1.807) is 24.4 Å². The molecule has 1 aromatic heterocycles. The minimum atomic E-state index is -4.45. The number of carbonyl (C=O) groups is 2. The minimum Gasteiger partial charge on any atom is -0.478 e. The fourth-order valence-electron chi connectivity index (χ4n) is 3.53. The van der Waals surface area contributed by atoms with E-state index in [0.717, 1.165) is 17.7 Å². The van der Waals surface area contributed by atoms with E-state index in [1.165, 1.54) is 36.4 Å². The lowest BCUT2D eigenvalue weighted by atomic mass is 10.0. The standard InChI is InChI=1S/C26H18F3NO5/c27-26(28,29)20-8-3-16(4-9-20)14-35-25(34)18-7-10-22-21(12-18)23(31)19(13-30-22)11-15-1-5-17(6-2-15)24(32)33/h1-10,12-13H,11,14H2,(H,30,31)(H,32,33). The quantitative estimate of drug-likeness (QED) is 0.370. The van der Waals surface area contributed by atoms with E-state index in [2.05, 4.69) is 4.98 Å². The Bertz CT molecular complexity index is 1460. The molecule has 0 fully saturated rings. The van der Waals surface area contributed by atoms with Crippen molar-refractivity contribution in [2.45, 2.75) is 19.2 Å². The van der Waals surface area contributed by atoms with Gasteiger partial charge in [-0.2, -0.15) is 13.2 Å². The lowest BCUT2D eigenvalue weighted by Crippen LogP contribution is -2.12. The van der Waals surface area contributed by atoms with Gasteiger partial charge in [0.1, 0.15) is 6.61 Å². The maximum Gasteiger partial charge on any atom is 0.416 e. The van der Waals surface area contributed by atoms with Crippen molar-refractivity contribution in [2.75, 3.05) is 0 Å². The number of carbonyl (C=O) groups excluding carboxylic acids is 1. The van der Waals surface area contributed by atoms with Gasteiger partial charge in [-0.1, -0.05) is 24.3 Å². The molecule has 0 amide bonds. The highest BCUT2D eigenvalue weighted by atomic mass is 19.4. The van der Waals surface area contributed by atoms with Gasteiger partial charge < -0.3 is 14.8 Å². The second kappa shape index (κ2) is 9.46. The zero-order chi connectivity index (χ0) is 25.2. The first-order valence-corrected chi connectivity index (χ1v) is 10.4. The summed E-state index contributed by atoms with van der Waals surface area (Å²) in [5.41, 5.74) is 1.25. The summed E-state index contributed by atoms with van der Waals surface area (Å²) >= 11 is 0. The van der Waals surface area contributed by atoms with Crippen LogP contribution in [0.3, 0.4) is 0 Å². The average Bonchev–Trinajstić information content (AvgIpc) is 2.84. The van der Waals surface area contributed by atoms with E-state index in [0.29, 0.717) is 16.6 Å². The fourth-order valence-corrected chi connectivity index (χ4v) is 3.53. The molecule has 9 heteroatoms. The molecule has 4 aromatic rings. The minimum absolute atomic E-state index is 0.123. The number of nitrogens with one attached hydrogen (secondary N) is 1. The number of aromatic carboxylic acids is 1. The van der Waals surface area contributed by atoms with Crippen LogP contribution >= 0.6 is 0 Å². The van der Waals surface area contributed by atoms with Crippen molar-refractivity contribution in [3.05, 3.63) is 117 Å². The summed E-state index contributed by atoms with van der Waals surface area (Å²) in [5.74, 6) is -1.77. The number of hydrogen-bond acceptors (Lipinski definition) is 4. The molecule has 3 aromatic carbocycles. The summed E-state index contributed by atoms with van der Waals surface area (Å²) in [5, 5.41) is 9.28. The van der Waals surface area contributed by atoms with Gasteiger partial charge in [0, 0.05) is 29.1 Å². The van der Waals surface area contributed by atoms with Gasteiger partial charge in [0.15, 0.2) is 5.43 Å². The lowest BCUT2D eigenvalue weighted by molar-refractivity contribution is -0.137. The molecule has 0 saturated carbocycles. The number of rotatable bonds is 6. The molecule has 6 nitrogen and oxygen atoms in total. The van der Waals surface area contributed by atoms with E-state index in [1.807, 2.05) is 0 Å². The third-order valence-electron chi connectivity index (χ3n) is 5.44. The summed E-state index contributed by atoms with van der Waals surface area (Å²) < 4.78 is 43.2. The van der Waals surface area contributed by atoms with E-state index in [9.17, 15) is 27.6 Å². The molecule has 1 heterocycles. The Labute approximate surface area is 196 Å². The van der Waals surface area contributed by atoms with Crippen LogP contribution in [0.25, 0.3) is 10.9 Å². The van der Waals surface area contributed by atoms with Crippen molar-refractivity contribution in [1.29, 1.82) is 0 Å². The number of alkyl halides is 3. The van der Waals surface area contributed by atoms with Crippen molar-refractivity contribution in [2.24, 2.45) is 0 Å². The van der Waals surface area contributed by atoms with Gasteiger partial charge in [0.25, 0.3) is 0 Å². The number of ether oxygens (including phenoxy) is 1. The van der Waals surface area contributed by atoms with Crippen molar-refractivity contribution in [3.8, 4) is 0 Å². The molecule has 0 radical (unpaired) electrons. The number of H-pyrrole nitrogens is 1. The molecule has 0 aliphatic heterocycles. The highest BCUT2D eigenvalue weighted by Crippen LogP contribution is 2.29. The lowest BCUT2D eigenvalue weighted by Gasteiger charge is -2.09. The van der Waals surface area contributed by atoms with Crippen molar-refractivity contribution >= 4 is 22.8 Å². The third-order valence-corrected chi connectivity index (χ3v) is 5.44. The van der Waals surface area contributed by atoms with E-state index in [-0.39, 0.29) is 35.0 Å². The summed E-state index contributed by atoms with van der Waals surface area (Å²) in [6.45, 7) is -0.224. The Morgan fingerprint density at radius 2 is 1.51 bits per heavy atom. The molecule has 0 saturated heterocycles. The van der Waals surface area contributed by atoms with E-state index in [4.69, 9.17) is 9.84 Å². The first-order chi connectivity index (χ1) is 16.6. The van der Waals surface area contributed by atoms with E-state index < -0.39 is 23.7 Å². The Morgan fingerprint density at radius 3 is 2.14 bits per heavy atom. The molecule has 35 heavy (non-hydrogen) atoms. The predicted molar refractivity (Wildman–Crippen MR) is 121 cm³/mol. The third kappa shape index (κ3) is 5.40. The second-order valence-electron chi connectivity index (χ2n) is 7.85. The van der Waals surface area contributed by atoms with Crippen molar-refractivity contribution in [1.82, 2.24) is 4.98 Å². The van der Waals surface area contributed by atoms with Crippen LogP contribution in [0.5, 0.6) is 0 Å². The molecular weight excluding hydrogens is 463 g/mol. The number of aromatic nitrogens is 1. The average molecular weight is 481 g/mol. The van der Waals surface area contributed by atoms with Crippen LogP contribution in [0.15, 0.2) is 77.7 Å². The smallest absolute Gasteiger partial charge is 0.416 e. The van der Waals surface area contributed by atoms with E-state index >= 15 is 0 Å². The Morgan fingerprint density at radius 1 is 0.886 bits per heavy atom. The van der Waals surface area contributed by atoms with Crippen LogP contribution in [-0.4, -0.2) is 22.0 Å². The molecule has 0 spiro atoms. The molecule has 0 unspecified atom stereocenters. The van der Waals surface area contributed by atoms with Crippen LogP contribution in [0.2, 0.25) is 0 Å². The molecule has 2 N–H and O–H groups in total. The number of carboxylic acid groups (broad SMARTS) is 1. The van der Waals surface area contributed by atoms with Crippen LogP contribution in [0.4, 0.5) is 13.2 Å². The van der Waals surface area contributed by atoms with Gasteiger partial charge in [-0.25, -0.2) is 9.59 Å². The zero-order valence-electron chi connectivity index (χ0n) is 18.1. The van der Waals surface area contributed by atoms with Crippen LogP contribution in [-0.2, 0) is 23.9 Å². The number of fused-ring (bicyclic) bond motifs is 1. The van der Waals surface area contributed by atoms with Gasteiger partial charge in [-0.3, -0.25) is 4.79 Å². The number of aromatic amines is 1. The number of carboxylic acids is 1. The van der Waals surface area contributed by atoms with Crippen molar-refractivity contribution in [3.63, 3.8) is 0 Å². The van der Waals surface area contributed by atoms with Crippen LogP contribution in [0.1, 0.15) is 43.0 Å². The molecule has 0 aliphatic carbocycles. The number of benzene rings is 3. The Kier molecular flexibility index (Phi) is 6.42. The first kappa shape index (κ1) is 23.7. The zero-order valence-corrected chi connectivity index (χ0v) is 18.1. The van der Waals surface area contributed by atoms with Gasteiger partial charge in [-0.15, -0.1) is 0 Å². The summed E-state index contributed by atoms with van der Waals surface area (Å²) in [6, 6.07) is 14.9. The molecule has 178 valence electrons. The fraction of sp³-hybridized carbons (Fsp3) is 0.115. The Balaban J connectivity index is 1.51. The summed E-state index contributed by atoms with van der Waals surface area (Å²) in [4.78, 5) is 39.5. The molecule has 0 bridgehead atoms. The van der Waals surface area contributed by atoms with Gasteiger partial charge in [0.2, 0.25) is 0 Å². The van der Waals surface area contributed by atoms with Crippen LogP contribution < -0.4 is 5.43 Å². The maximum absolute atomic E-state index is 13.0. The normalized spacial score (nSPS) is 11.4. The summed E-state index contributed by atoms with van der Waals surface area (Å²) in [7, 11) is 0. The highest BCUT2D eigenvalue weighted by Gasteiger charge is 2.29. The first-order valence-electron chi connectivity index (χ1n) is 10.4. The number of pyridine rings is 1. The second-order valence-corrected chi connectivity index (χ2v) is 7.85. The topological polar surface area (TPSA) is 96.5 Å². The Hall–Kier alpha value is -4.40. The maximum atomic E-state index is 13.0. The molecule has 0 atom stereocenters. The van der Waals surface area contributed by atoms with Crippen LogP contribution in [0, 0.1) is 0 Å². The number of halogens is 3. The molecule has 4 rings (SSSR count). The molecular formula is C26H18F3NO5. The largest absolute Gasteiger partial charge is 0.478 e. The number of esters is 1. The molecule has 0 aliphatic rings. The van der Waals surface area contributed by atoms with Gasteiger partial charge in [-0.05, 0) is 53.6 Å². The van der Waals surface area contributed by atoms with Crippen molar-refractivity contribution < 1.29 is 32.6 Å². The number of hydrogen-bond donors (Lipinski definition) is 2. The monoisotopic (exact) mass is 481 g/mol. The highest BCUT2D eigenvalue weighted by molar-refractivity contribution is 5.94. The predicted octanol–water partition coefficient (Wildman–Crippen LogP) is 5.19. The SMILES string of the molecule is O=C(O)c1ccc(Cc2c[nH]c3ccc(C(=O)OCc4ccc(C(F)(F)F)cc4)cc3c2=O)cc1. The van der Waals surface area contributed by atoms with Gasteiger partial charge >= 0.3 is 18.1 Å². The van der Waals surface area contributed by atoms with Gasteiger partial charge in [0.05, 0.1) is 16.7 Å². The summed E-state index contributed by atoms with van der Waals surface area (Å²) in [6.07, 6.45) is -2.62.